The predicted octanol–water partition coefficient (Wildman–Crippen LogP) is 4.34. The SMILES string of the molecule is CC(C)n1c(C(F)(F)F)nc2cc(C(=O)NC3CCCC3CN)ccc21.Cl.Cl. The van der Waals surface area contributed by atoms with Crippen molar-refractivity contribution in [2.45, 2.75) is 51.4 Å². The van der Waals surface area contributed by atoms with Crippen LogP contribution in [0.25, 0.3) is 11.0 Å². The number of carbonyl (C=O) groups excluding carboxylic acids is 1. The Labute approximate surface area is 174 Å². The van der Waals surface area contributed by atoms with Crippen molar-refractivity contribution in [2.75, 3.05) is 6.54 Å². The molecule has 0 spiro atoms. The molecule has 3 N–H and O–H groups in total. The van der Waals surface area contributed by atoms with Crippen molar-refractivity contribution in [3.63, 3.8) is 0 Å². The Morgan fingerprint density at radius 1 is 1.32 bits per heavy atom. The fourth-order valence-corrected chi connectivity index (χ4v) is 3.72. The van der Waals surface area contributed by atoms with Crippen LogP contribution in [-0.4, -0.2) is 28.0 Å². The van der Waals surface area contributed by atoms with Crippen LogP contribution in [0, 0.1) is 5.92 Å². The summed E-state index contributed by atoms with van der Waals surface area (Å²) in [5, 5.41) is 2.96. The van der Waals surface area contributed by atoms with E-state index in [4.69, 9.17) is 5.73 Å². The highest BCUT2D eigenvalue weighted by Crippen LogP contribution is 2.34. The molecule has 1 amide bonds. The molecular weight excluding hydrogens is 416 g/mol. The molecule has 158 valence electrons. The molecule has 28 heavy (non-hydrogen) atoms. The lowest BCUT2D eigenvalue weighted by atomic mass is 10.0. The number of amides is 1. The first-order valence-corrected chi connectivity index (χ1v) is 8.82. The van der Waals surface area contributed by atoms with Gasteiger partial charge >= 0.3 is 6.18 Å². The molecule has 10 heteroatoms. The molecule has 2 atom stereocenters. The van der Waals surface area contributed by atoms with E-state index in [0.717, 1.165) is 23.8 Å². The minimum absolute atomic E-state index is 0. The number of aromatic nitrogens is 2. The third kappa shape index (κ3) is 4.72. The van der Waals surface area contributed by atoms with Crippen LogP contribution in [0.15, 0.2) is 18.2 Å². The van der Waals surface area contributed by atoms with Gasteiger partial charge in [0, 0.05) is 17.6 Å². The van der Waals surface area contributed by atoms with E-state index in [9.17, 15) is 18.0 Å². The second kappa shape index (κ2) is 9.33. The van der Waals surface area contributed by atoms with E-state index in [-0.39, 0.29) is 48.2 Å². The van der Waals surface area contributed by atoms with E-state index in [2.05, 4.69) is 10.3 Å². The smallest absolute Gasteiger partial charge is 0.349 e. The minimum Gasteiger partial charge on any atom is -0.349 e. The van der Waals surface area contributed by atoms with Gasteiger partial charge in [-0.05, 0) is 57.4 Å². The first kappa shape index (κ1) is 24.5. The number of alkyl halides is 3. The molecule has 2 aromatic rings. The summed E-state index contributed by atoms with van der Waals surface area (Å²) in [6.45, 7) is 3.85. The third-order valence-corrected chi connectivity index (χ3v) is 5.00. The second-order valence-corrected chi connectivity index (χ2v) is 7.11. The Bertz CT molecular complexity index is 823. The summed E-state index contributed by atoms with van der Waals surface area (Å²) in [5.74, 6) is -0.997. The third-order valence-electron chi connectivity index (χ3n) is 5.00. The van der Waals surface area contributed by atoms with Crippen LogP contribution in [-0.2, 0) is 6.18 Å². The zero-order chi connectivity index (χ0) is 19.1. The van der Waals surface area contributed by atoms with Gasteiger partial charge in [-0.3, -0.25) is 4.79 Å². The average molecular weight is 441 g/mol. The lowest BCUT2D eigenvalue weighted by Gasteiger charge is -2.19. The van der Waals surface area contributed by atoms with E-state index in [1.165, 1.54) is 12.1 Å². The van der Waals surface area contributed by atoms with Gasteiger partial charge in [-0.15, -0.1) is 24.8 Å². The highest BCUT2D eigenvalue weighted by Gasteiger charge is 2.38. The number of nitrogens with one attached hydrogen (secondary N) is 1. The molecule has 1 aromatic carbocycles. The van der Waals surface area contributed by atoms with Crippen molar-refractivity contribution >= 4 is 41.8 Å². The molecule has 3 rings (SSSR count). The van der Waals surface area contributed by atoms with Gasteiger partial charge in [0.05, 0.1) is 11.0 Å². The van der Waals surface area contributed by atoms with Gasteiger partial charge in [0.1, 0.15) is 0 Å². The molecule has 2 unspecified atom stereocenters. The van der Waals surface area contributed by atoms with E-state index < -0.39 is 18.0 Å². The van der Waals surface area contributed by atoms with Crippen molar-refractivity contribution in [3.8, 4) is 0 Å². The van der Waals surface area contributed by atoms with Gasteiger partial charge in [0.25, 0.3) is 5.91 Å². The zero-order valence-corrected chi connectivity index (χ0v) is 17.3. The first-order chi connectivity index (χ1) is 12.2. The van der Waals surface area contributed by atoms with E-state index in [0.29, 0.717) is 17.6 Å². The number of rotatable bonds is 4. The number of nitrogens with two attached hydrogens (primary N) is 1. The number of benzene rings is 1. The summed E-state index contributed by atoms with van der Waals surface area (Å²) < 4.78 is 41.0. The van der Waals surface area contributed by atoms with Crippen LogP contribution in [0.1, 0.15) is 55.3 Å². The summed E-state index contributed by atoms with van der Waals surface area (Å²) in [7, 11) is 0. The minimum atomic E-state index is -4.55. The molecule has 1 fully saturated rings. The fraction of sp³-hybridized carbons (Fsp3) is 0.556. The van der Waals surface area contributed by atoms with Crippen LogP contribution >= 0.6 is 24.8 Å². The summed E-state index contributed by atoms with van der Waals surface area (Å²) in [4.78, 5) is 16.3. The summed E-state index contributed by atoms with van der Waals surface area (Å²) >= 11 is 0. The first-order valence-electron chi connectivity index (χ1n) is 8.82. The second-order valence-electron chi connectivity index (χ2n) is 7.11. The molecule has 0 aliphatic heterocycles. The van der Waals surface area contributed by atoms with Gasteiger partial charge in [0.15, 0.2) is 0 Å². The molecule has 1 aliphatic rings. The van der Waals surface area contributed by atoms with Gasteiger partial charge in [-0.1, -0.05) is 6.42 Å². The Hall–Kier alpha value is -1.51. The summed E-state index contributed by atoms with van der Waals surface area (Å²) in [5.41, 5.74) is 6.57. The average Bonchev–Trinajstić information content (AvgIpc) is 3.17. The molecule has 1 heterocycles. The molecular formula is C18H25Cl2F3N4O. The Morgan fingerprint density at radius 3 is 2.57 bits per heavy atom. The van der Waals surface area contributed by atoms with Crippen LogP contribution in [0.3, 0.4) is 0 Å². The number of imidazole rings is 1. The lowest BCUT2D eigenvalue weighted by Crippen LogP contribution is -2.39. The molecule has 1 aliphatic carbocycles. The standard InChI is InChI=1S/C18H23F3N4O.2ClH/c1-10(2)25-15-7-6-11(8-14(15)24-17(25)18(19,20)21)16(26)23-13-5-3-4-12(13)9-22;;/h6-8,10,12-13H,3-5,9,22H2,1-2H3,(H,23,26);2*1H. The van der Waals surface area contributed by atoms with Crippen LogP contribution in [0.2, 0.25) is 0 Å². The normalized spacial score (nSPS) is 19.4. The molecule has 5 nitrogen and oxygen atoms in total. The Morgan fingerprint density at radius 2 is 2.00 bits per heavy atom. The molecule has 0 saturated heterocycles. The Kier molecular flexibility index (Phi) is 8.17. The van der Waals surface area contributed by atoms with E-state index in [1.54, 1.807) is 19.9 Å². The van der Waals surface area contributed by atoms with Crippen molar-refractivity contribution in [1.82, 2.24) is 14.9 Å². The molecule has 1 saturated carbocycles. The number of halogens is 5. The predicted molar refractivity (Wildman–Crippen MR) is 107 cm³/mol. The van der Waals surface area contributed by atoms with Crippen molar-refractivity contribution < 1.29 is 18.0 Å². The van der Waals surface area contributed by atoms with Gasteiger partial charge in [0.2, 0.25) is 5.82 Å². The monoisotopic (exact) mass is 440 g/mol. The number of nitrogens with zero attached hydrogens (tertiary/aromatic N) is 2. The van der Waals surface area contributed by atoms with Crippen molar-refractivity contribution in [3.05, 3.63) is 29.6 Å². The summed E-state index contributed by atoms with van der Waals surface area (Å²) in [6, 6.07) is 4.11. The quantitative estimate of drug-likeness (QED) is 0.742. The topological polar surface area (TPSA) is 72.9 Å². The van der Waals surface area contributed by atoms with Crippen molar-refractivity contribution in [2.24, 2.45) is 11.7 Å². The Balaban J connectivity index is 0.00000196. The zero-order valence-electron chi connectivity index (χ0n) is 15.6. The molecule has 0 bridgehead atoms. The van der Waals surface area contributed by atoms with Crippen LogP contribution in [0.4, 0.5) is 13.2 Å². The largest absolute Gasteiger partial charge is 0.449 e. The fourth-order valence-electron chi connectivity index (χ4n) is 3.72. The van der Waals surface area contributed by atoms with Gasteiger partial charge in [-0.2, -0.15) is 13.2 Å². The highest BCUT2D eigenvalue weighted by atomic mass is 35.5. The number of hydrogen-bond acceptors (Lipinski definition) is 3. The maximum Gasteiger partial charge on any atom is 0.449 e. The van der Waals surface area contributed by atoms with E-state index in [1.807, 2.05) is 0 Å². The number of fused-ring (bicyclic) bond motifs is 1. The number of hydrogen-bond donors (Lipinski definition) is 2. The van der Waals surface area contributed by atoms with Crippen LogP contribution in [0.5, 0.6) is 0 Å². The molecule has 1 aromatic heterocycles. The highest BCUT2D eigenvalue weighted by molar-refractivity contribution is 5.97. The maximum atomic E-state index is 13.3. The van der Waals surface area contributed by atoms with E-state index >= 15 is 0 Å². The van der Waals surface area contributed by atoms with Gasteiger partial charge in [-0.25, -0.2) is 4.98 Å². The number of carbonyl (C=O) groups is 1. The van der Waals surface area contributed by atoms with Crippen LogP contribution < -0.4 is 11.1 Å². The van der Waals surface area contributed by atoms with Gasteiger partial charge < -0.3 is 15.6 Å². The summed E-state index contributed by atoms with van der Waals surface area (Å²) in [6.07, 6.45) is -1.69. The lowest BCUT2D eigenvalue weighted by molar-refractivity contribution is -0.147. The molecule has 0 radical (unpaired) electrons. The van der Waals surface area contributed by atoms with Crippen molar-refractivity contribution in [1.29, 1.82) is 0 Å². The maximum absolute atomic E-state index is 13.3.